The minimum Gasteiger partial charge on any atom is -0.503 e. The Kier molecular flexibility index (Phi) is 8.34. The average Bonchev–Trinajstić information content (AvgIpc) is 2.90. The number of aldehydes is 1. The van der Waals surface area contributed by atoms with E-state index in [2.05, 4.69) is 0 Å². The molecule has 0 saturated heterocycles. The molecule has 1 aromatic heterocycles. The van der Waals surface area contributed by atoms with Crippen LogP contribution in [0.1, 0.15) is 34.3 Å². The number of ether oxygens (including phenoxy) is 2. The van der Waals surface area contributed by atoms with Gasteiger partial charge in [-0.15, -0.1) is 0 Å². The number of nitrogens with zero attached hydrogens (tertiary/aromatic N) is 2. The molecular formula is C19H26N2O6. The third-order valence-electron chi connectivity index (χ3n) is 3.23. The van der Waals surface area contributed by atoms with Crippen molar-refractivity contribution in [3.63, 3.8) is 0 Å². The Morgan fingerprint density at radius 1 is 1.15 bits per heavy atom. The number of methoxy groups -OCH3 is 1. The molecule has 0 radical (unpaired) electrons. The quantitative estimate of drug-likeness (QED) is 0.588. The van der Waals surface area contributed by atoms with Crippen LogP contribution >= 0.6 is 0 Å². The monoisotopic (exact) mass is 378 g/mol. The third-order valence-corrected chi connectivity index (χ3v) is 3.23. The largest absolute Gasteiger partial charge is 0.503 e. The van der Waals surface area contributed by atoms with Crippen molar-refractivity contribution in [1.82, 2.24) is 9.47 Å². The summed E-state index contributed by atoms with van der Waals surface area (Å²) in [6, 6.07) is 6.42. The molecule has 2 N–H and O–H groups in total. The van der Waals surface area contributed by atoms with Crippen LogP contribution in [0, 0.1) is 0 Å². The van der Waals surface area contributed by atoms with E-state index in [9.17, 15) is 19.8 Å². The lowest BCUT2D eigenvalue weighted by atomic mass is 10.3. The van der Waals surface area contributed by atoms with Crippen LogP contribution in [0.3, 0.4) is 0 Å². The highest BCUT2D eigenvalue weighted by atomic mass is 16.5. The fraction of sp³-hybridized carbons (Fsp3) is 0.368. The zero-order valence-corrected chi connectivity index (χ0v) is 16.2. The second-order valence-corrected chi connectivity index (χ2v) is 6.06. The summed E-state index contributed by atoms with van der Waals surface area (Å²) in [5.74, 6) is -1.61. The summed E-state index contributed by atoms with van der Waals surface area (Å²) in [5.41, 5.74) is -0.147. The minimum absolute atomic E-state index is 0.156. The van der Waals surface area contributed by atoms with Crippen molar-refractivity contribution in [2.45, 2.75) is 13.3 Å². The fourth-order valence-corrected chi connectivity index (χ4v) is 2.12. The molecule has 8 nitrogen and oxygen atoms in total. The van der Waals surface area contributed by atoms with Crippen molar-refractivity contribution in [1.29, 1.82) is 0 Å². The third kappa shape index (κ3) is 5.49. The van der Waals surface area contributed by atoms with Gasteiger partial charge >= 0.3 is 5.97 Å². The van der Waals surface area contributed by atoms with E-state index in [4.69, 9.17) is 9.47 Å². The first-order valence-electron chi connectivity index (χ1n) is 8.32. The van der Waals surface area contributed by atoms with Gasteiger partial charge in [0.05, 0.1) is 13.7 Å². The summed E-state index contributed by atoms with van der Waals surface area (Å²) < 4.78 is 11.2. The van der Waals surface area contributed by atoms with Crippen LogP contribution in [0.2, 0.25) is 0 Å². The Morgan fingerprint density at radius 3 is 2.15 bits per heavy atom. The van der Waals surface area contributed by atoms with Gasteiger partial charge in [0.25, 0.3) is 0 Å². The topological polar surface area (TPSA) is 101 Å². The van der Waals surface area contributed by atoms with Gasteiger partial charge in [0.15, 0.2) is 23.5 Å². The fourth-order valence-electron chi connectivity index (χ4n) is 2.12. The predicted octanol–water partition coefficient (Wildman–Crippen LogP) is 2.45. The van der Waals surface area contributed by atoms with E-state index in [1.807, 2.05) is 33.0 Å². The minimum atomic E-state index is -0.830. The van der Waals surface area contributed by atoms with Crippen molar-refractivity contribution in [2.75, 3.05) is 34.9 Å². The van der Waals surface area contributed by atoms with E-state index in [1.54, 1.807) is 24.3 Å². The van der Waals surface area contributed by atoms with Crippen LogP contribution in [0.15, 0.2) is 24.3 Å². The van der Waals surface area contributed by atoms with Crippen molar-refractivity contribution < 1.29 is 29.3 Å². The second-order valence-electron chi connectivity index (χ2n) is 6.06. The van der Waals surface area contributed by atoms with Crippen LogP contribution in [-0.2, 0) is 4.74 Å². The summed E-state index contributed by atoms with van der Waals surface area (Å²) in [6.45, 7) is 1.98. The number of benzene rings is 1. The molecule has 2 aromatic rings. The summed E-state index contributed by atoms with van der Waals surface area (Å²) in [6.07, 6.45) is 0.957. The molecule has 1 aromatic carbocycles. The van der Waals surface area contributed by atoms with Gasteiger partial charge in [-0.1, -0.05) is 6.92 Å². The Bertz CT molecular complexity index is 763. The number of rotatable bonds is 6. The number of hydrogen-bond acceptors (Lipinski definition) is 7. The maximum Gasteiger partial charge on any atom is 0.359 e. The summed E-state index contributed by atoms with van der Waals surface area (Å²) in [7, 11) is 7.51. The van der Waals surface area contributed by atoms with Crippen LogP contribution in [0.5, 0.6) is 17.2 Å². The average molecular weight is 378 g/mol. The molecule has 1 heterocycles. The van der Waals surface area contributed by atoms with Gasteiger partial charge in [0.2, 0.25) is 0 Å². The van der Waals surface area contributed by atoms with Gasteiger partial charge in [0, 0.05) is 5.69 Å². The van der Waals surface area contributed by atoms with Crippen molar-refractivity contribution >= 4 is 12.3 Å². The standard InChI is InChI=1S/C16H17NO6.C3H9N/c1-3-8-23-16(21)13-15(20)14(19)12(9-18)17(13)10-4-6-11(22-2)7-5-10;1-4(2)3/h4-7,9,19-20H,3,8H2,1-2H3;1-3H3. The summed E-state index contributed by atoms with van der Waals surface area (Å²) in [4.78, 5) is 25.4. The molecule has 2 rings (SSSR count). The van der Waals surface area contributed by atoms with E-state index in [0.29, 0.717) is 24.1 Å². The van der Waals surface area contributed by atoms with Gasteiger partial charge in [0.1, 0.15) is 11.4 Å². The molecule has 0 unspecified atom stereocenters. The molecule has 0 saturated carbocycles. The van der Waals surface area contributed by atoms with E-state index in [0.717, 1.165) is 4.57 Å². The highest BCUT2D eigenvalue weighted by molar-refractivity contribution is 5.96. The number of carbonyl (C=O) groups excluding carboxylic acids is 2. The number of aromatic nitrogens is 1. The van der Waals surface area contributed by atoms with Crippen molar-refractivity contribution in [3.8, 4) is 22.9 Å². The molecule has 27 heavy (non-hydrogen) atoms. The number of hydrogen-bond donors (Lipinski definition) is 2. The van der Waals surface area contributed by atoms with Crippen LogP contribution in [0.4, 0.5) is 0 Å². The molecule has 0 fully saturated rings. The molecular weight excluding hydrogens is 352 g/mol. The van der Waals surface area contributed by atoms with Crippen LogP contribution < -0.4 is 4.74 Å². The molecule has 0 aliphatic rings. The Hall–Kier alpha value is -3.00. The second kappa shape index (κ2) is 10.2. The zero-order chi connectivity index (χ0) is 20.6. The van der Waals surface area contributed by atoms with Crippen LogP contribution in [-0.4, -0.2) is 66.8 Å². The lowest BCUT2D eigenvalue weighted by molar-refractivity contribution is 0.0492. The number of carbonyl (C=O) groups is 2. The van der Waals surface area contributed by atoms with E-state index < -0.39 is 17.5 Å². The lowest BCUT2D eigenvalue weighted by Gasteiger charge is -2.11. The number of esters is 1. The molecule has 0 bridgehead atoms. The molecule has 8 heteroatoms. The van der Waals surface area contributed by atoms with Gasteiger partial charge in [-0.3, -0.25) is 9.36 Å². The molecule has 0 amide bonds. The summed E-state index contributed by atoms with van der Waals surface area (Å²) >= 11 is 0. The highest BCUT2D eigenvalue weighted by Gasteiger charge is 2.28. The van der Waals surface area contributed by atoms with Gasteiger partial charge in [-0.2, -0.15) is 0 Å². The molecule has 148 valence electrons. The van der Waals surface area contributed by atoms with Crippen LogP contribution in [0.25, 0.3) is 5.69 Å². The summed E-state index contributed by atoms with van der Waals surface area (Å²) in [5, 5.41) is 19.9. The molecule has 0 aliphatic carbocycles. The number of aromatic hydroxyl groups is 2. The first-order valence-corrected chi connectivity index (χ1v) is 8.32. The SMILES string of the molecule is CCCOC(=O)c1c(O)c(O)c(C=O)n1-c1ccc(OC)cc1.CN(C)C. The first kappa shape index (κ1) is 22.0. The molecule has 0 aliphatic heterocycles. The first-order chi connectivity index (χ1) is 12.8. The van der Waals surface area contributed by atoms with Crippen molar-refractivity contribution in [2.24, 2.45) is 0 Å². The van der Waals surface area contributed by atoms with E-state index in [-0.39, 0.29) is 18.0 Å². The molecule has 0 spiro atoms. The van der Waals surface area contributed by atoms with Crippen molar-refractivity contribution in [3.05, 3.63) is 35.7 Å². The van der Waals surface area contributed by atoms with Gasteiger partial charge < -0.3 is 24.6 Å². The Morgan fingerprint density at radius 2 is 1.70 bits per heavy atom. The predicted molar refractivity (Wildman–Crippen MR) is 101 cm³/mol. The van der Waals surface area contributed by atoms with E-state index >= 15 is 0 Å². The Labute approximate surface area is 158 Å². The zero-order valence-electron chi connectivity index (χ0n) is 16.2. The Balaban J connectivity index is 0.000000828. The van der Waals surface area contributed by atoms with E-state index in [1.165, 1.54) is 7.11 Å². The highest BCUT2D eigenvalue weighted by Crippen LogP contribution is 2.37. The molecule has 0 atom stereocenters. The lowest BCUT2D eigenvalue weighted by Crippen LogP contribution is -2.13. The maximum atomic E-state index is 12.2. The maximum absolute atomic E-state index is 12.2. The normalized spacial score (nSPS) is 10.1. The smallest absolute Gasteiger partial charge is 0.359 e. The van der Waals surface area contributed by atoms with Gasteiger partial charge in [-0.05, 0) is 51.8 Å². The van der Waals surface area contributed by atoms with Gasteiger partial charge in [-0.25, -0.2) is 4.79 Å².